The van der Waals surface area contributed by atoms with Crippen molar-refractivity contribution in [2.45, 2.75) is 25.9 Å². The van der Waals surface area contributed by atoms with Crippen molar-refractivity contribution in [2.75, 3.05) is 0 Å². The van der Waals surface area contributed by atoms with Crippen LogP contribution in [0, 0.1) is 23.3 Å². The Morgan fingerprint density at radius 2 is 1.21 bits per heavy atom. The highest BCUT2D eigenvalue weighted by molar-refractivity contribution is 5.68. The van der Waals surface area contributed by atoms with E-state index in [2.05, 4.69) is 0 Å². The molecule has 9 heteroatoms. The first-order valence-electron chi connectivity index (χ1n) is 9.54. The molecule has 3 aromatic carbocycles. The predicted octanol–water partition coefficient (Wildman–Crippen LogP) is 8.34. The molecule has 0 saturated carbocycles. The first-order valence-corrected chi connectivity index (χ1v) is 9.54. The highest BCUT2D eigenvalue weighted by atomic mass is 19.4. The van der Waals surface area contributed by atoms with E-state index in [0.29, 0.717) is 17.7 Å². The number of alkyl halides is 3. The van der Waals surface area contributed by atoms with Gasteiger partial charge in [0.15, 0.2) is 5.83 Å². The Bertz CT molecular complexity index is 1160. The van der Waals surface area contributed by atoms with Gasteiger partial charge in [-0.25, -0.2) is 26.3 Å². The summed E-state index contributed by atoms with van der Waals surface area (Å²) >= 11 is 0. The van der Waals surface area contributed by atoms with Gasteiger partial charge < -0.3 is 0 Å². The minimum absolute atomic E-state index is 0.0488. The highest BCUT2D eigenvalue weighted by Crippen LogP contribution is 2.34. The van der Waals surface area contributed by atoms with Crippen molar-refractivity contribution in [2.24, 2.45) is 0 Å². The van der Waals surface area contributed by atoms with Gasteiger partial charge in [-0.2, -0.15) is 13.2 Å². The van der Waals surface area contributed by atoms with Crippen molar-refractivity contribution in [3.63, 3.8) is 0 Å². The Morgan fingerprint density at radius 1 is 0.697 bits per heavy atom. The molecule has 33 heavy (non-hydrogen) atoms. The average Bonchev–Trinajstić information content (AvgIpc) is 2.71. The molecule has 0 bridgehead atoms. The van der Waals surface area contributed by atoms with Crippen LogP contribution < -0.4 is 0 Å². The van der Waals surface area contributed by atoms with Crippen LogP contribution in [0.4, 0.5) is 39.5 Å². The average molecular weight is 474 g/mol. The third kappa shape index (κ3) is 5.40. The minimum Gasteiger partial charge on any atom is -0.209 e. The van der Waals surface area contributed by atoms with E-state index in [1.165, 1.54) is 24.3 Å². The lowest BCUT2D eigenvalue weighted by molar-refractivity contribution is -0.142. The quantitative estimate of drug-likeness (QED) is 0.326. The van der Waals surface area contributed by atoms with Crippen LogP contribution in [0.2, 0.25) is 0 Å². The number of halogens is 9. The SMILES string of the molecule is C/C(F)=C(\F)c1ccc(-c2cc(F)c(CCc3cc(F)c(C(F)(F)F)c(F)c3)c(F)c2)cc1. The number of hydrogen-bond acceptors (Lipinski definition) is 0. The molecule has 0 aliphatic rings. The normalized spacial score (nSPS) is 12.7. The van der Waals surface area contributed by atoms with E-state index in [1.807, 2.05) is 0 Å². The molecule has 0 aliphatic heterocycles. The van der Waals surface area contributed by atoms with Crippen LogP contribution in [0.25, 0.3) is 17.0 Å². The van der Waals surface area contributed by atoms with Gasteiger partial charge in [0.1, 0.15) is 34.7 Å². The molecule has 0 spiro atoms. The Kier molecular flexibility index (Phi) is 6.90. The topological polar surface area (TPSA) is 0 Å². The summed E-state index contributed by atoms with van der Waals surface area (Å²) in [5, 5.41) is 0. The lowest BCUT2D eigenvalue weighted by atomic mass is 9.97. The van der Waals surface area contributed by atoms with Crippen molar-refractivity contribution in [1.29, 1.82) is 0 Å². The molecule has 0 atom stereocenters. The maximum Gasteiger partial charge on any atom is 0.422 e. The second-order valence-corrected chi connectivity index (χ2v) is 7.28. The van der Waals surface area contributed by atoms with Gasteiger partial charge in [-0.05, 0) is 60.7 Å². The van der Waals surface area contributed by atoms with Gasteiger partial charge in [0.25, 0.3) is 0 Å². The lowest BCUT2D eigenvalue weighted by Crippen LogP contribution is -2.12. The van der Waals surface area contributed by atoms with Crippen LogP contribution in [0.1, 0.15) is 29.2 Å². The molecular formula is C24H15F9. The predicted molar refractivity (Wildman–Crippen MR) is 105 cm³/mol. The maximum absolute atomic E-state index is 14.5. The summed E-state index contributed by atoms with van der Waals surface area (Å²) in [7, 11) is 0. The second-order valence-electron chi connectivity index (χ2n) is 7.28. The largest absolute Gasteiger partial charge is 0.422 e. The van der Waals surface area contributed by atoms with Crippen molar-refractivity contribution < 1.29 is 39.5 Å². The minimum atomic E-state index is -5.22. The molecule has 0 aliphatic carbocycles. The smallest absolute Gasteiger partial charge is 0.209 e. The molecule has 0 N–H and O–H groups in total. The summed E-state index contributed by atoms with van der Waals surface area (Å²) in [6, 6.07) is 8.12. The van der Waals surface area contributed by atoms with Crippen LogP contribution in [0.15, 0.2) is 54.4 Å². The van der Waals surface area contributed by atoms with Gasteiger partial charge in [-0.1, -0.05) is 24.3 Å². The van der Waals surface area contributed by atoms with Crippen LogP contribution in [0.3, 0.4) is 0 Å². The second kappa shape index (κ2) is 9.33. The molecular weight excluding hydrogens is 459 g/mol. The van der Waals surface area contributed by atoms with Gasteiger partial charge in [0.05, 0.1) is 0 Å². The van der Waals surface area contributed by atoms with Crippen LogP contribution in [0.5, 0.6) is 0 Å². The van der Waals surface area contributed by atoms with Gasteiger partial charge in [0, 0.05) is 11.1 Å². The van der Waals surface area contributed by atoms with Gasteiger partial charge in [-0.3, -0.25) is 0 Å². The molecule has 174 valence electrons. The Labute approximate surface area is 183 Å². The summed E-state index contributed by atoms with van der Waals surface area (Å²) in [6.45, 7) is 0.945. The van der Waals surface area contributed by atoms with Crippen LogP contribution in [-0.2, 0) is 19.0 Å². The third-order valence-electron chi connectivity index (χ3n) is 4.96. The van der Waals surface area contributed by atoms with Crippen LogP contribution >= 0.6 is 0 Å². The summed E-state index contributed by atoms with van der Waals surface area (Å²) in [5.41, 5.74) is -2.27. The first-order chi connectivity index (χ1) is 15.4. The molecule has 0 aromatic heterocycles. The molecule has 3 rings (SSSR count). The first kappa shape index (κ1) is 24.4. The fourth-order valence-electron chi connectivity index (χ4n) is 3.33. The summed E-state index contributed by atoms with van der Waals surface area (Å²) in [5.74, 6) is -7.67. The van der Waals surface area contributed by atoms with Crippen molar-refractivity contribution in [3.05, 3.63) is 99.9 Å². The summed E-state index contributed by atoms with van der Waals surface area (Å²) in [6.07, 6.45) is -5.90. The molecule has 3 aromatic rings. The molecule has 0 fully saturated rings. The zero-order valence-electron chi connectivity index (χ0n) is 16.9. The zero-order valence-corrected chi connectivity index (χ0v) is 16.9. The monoisotopic (exact) mass is 474 g/mol. The van der Waals surface area contributed by atoms with E-state index in [-0.39, 0.29) is 29.5 Å². The number of benzene rings is 3. The summed E-state index contributed by atoms with van der Waals surface area (Å²) in [4.78, 5) is 0. The lowest BCUT2D eigenvalue weighted by Gasteiger charge is -2.12. The molecule has 0 saturated heterocycles. The van der Waals surface area contributed by atoms with Crippen LogP contribution in [-0.4, -0.2) is 0 Å². The number of rotatable bonds is 5. The Balaban J connectivity index is 1.82. The molecule has 0 unspecified atom stereocenters. The Morgan fingerprint density at radius 3 is 1.67 bits per heavy atom. The molecule has 0 amide bonds. The van der Waals surface area contributed by atoms with E-state index in [4.69, 9.17) is 0 Å². The fourth-order valence-corrected chi connectivity index (χ4v) is 3.33. The number of aryl methyl sites for hydroxylation is 1. The van der Waals surface area contributed by atoms with E-state index < -0.39 is 52.2 Å². The van der Waals surface area contributed by atoms with E-state index in [0.717, 1.165) is 19.1 Å². The van der Waals surface area contributed by atoms with Gasteiger partial charge >= 0.3 is 6.18 Å². The maximum atomic E-state index is 14.5. The zero-order chi connectivity index (χ0) is 24.5. The standard InChI is InChI=1S/C24H15F9/c1-12(25)23(30)15-5-3-14(4-6-15)16-10-18(26)17(19(27)11-16)7-2-13-8-20(28)22(21(29)9-13)24(31,32)33/h3-6,8-11H,2,7H2,1H3/b23-12+. The van der Waals surface area contributed by atoms with E-state index in [1.54, 1.807) is 0 Å². The highest BCUT2D eigenvalue weighted by Gasteiger charge is 2.37. The number of hydrogen-bond donors (Lipinski definition) is 0. The van der Waals surface area contributed by atoms with Crippen molar-refractivity contribution in [1.82, 2.24) is 0 Å². The van der Waals surface area contributed by atoms with E-state index in [9.17, 15) is 39.5 Å². The van der Waals surface area contributed by atoms with Gasteiger partial charge in [0.2, 0.25) is 0 Å². The number of allylic oxidation sites excluding steroid dienone is 1. The van der Waals surface area contributed by atoms with Gasteiger partial charge in [-0.15, -0.1) is 0 Å². The summed E-state index contributed by atoms with van der Waals surface area (Å²) < 4.78 is 121. The molecule has 0 radical (unpaired) electrons. The van der Waals surface area contributed by atoms with Crippen molar-refractivity contribution >= 4 is 5.83 Å². The fraction of sp³-hybridized carbons (Fsp3) is 0.167. The Hall–Kier alpha value is -3.23. The molecule has 0 heterocycles. The van der Waals surface area contributed by atoms with Crippen molar-refractivity contribution in [3.8, 4) is 11.1 Å². The van der Waals surface area contributed by atoms with E-state index >= 15 is 0 Å². The molecule has 0 nitrogen and oxygen atoms in total. The third-order valence-corrected chi connectivity index (χ3v) is 4.96.